The number of imidazole rings is 1. The second-order valence-electron chi connectivity index (χ2n) is 6.72. The molecule has 3 rings (SSSR count). The number of benzene rings is 2. The molecule has 0 unspecified atom stereocenters. The van der Waals surface area contributed by atoms with E-state index in [0.29, 0.717) is 17.9 Å². The molecule has 0 atom stereocenters. The molecule has 0 aliphatic carbocycles. The summed E-state index contributed by atoms with van der Waals surface area (Å²) in [6.07, 6.45) is 6.61. The molecule has 0 bridgehead atoms. The minimum atomic E-state index is -0.00990. The summed E-state index contributed by atoms with van der Waals surface area (Å²) in [6, 6.07) is 15.3. The van der Waals surface area contributed by atoms with Crippen molar-refractivity contribution in [2.45, 2.75) is 25.0 Å². The maximum Gasteiger partial charge on any atom is 0.250 e. The van der Waals surface area contributed by atoms with E-state index in [1.165, 1.54) is 17.3 Å². The molecule has 0 fully saturated rings. The van der Waals surface area contributed by atoms with Gasteiger partial charge in [0.25, 0.3) is 0 Å². The number of ether oxygens (including phenoxy) is 2. The van der Waals surface area contributed by atoms with E-state index in [0.717, 1.165) is 29.4 Å². The van der Waals surface area contributed by atoms with Crippen LogP contribution in [0.1, 0.15) is 23.1 Å². The van der Waals surface area contributed by atoms with Crippen LogP contribution in [-0.4, -0.2) is 39.3 Å². The van der Waals surface area contributed by atoms with Crippen molar-refractivity contribution < 1.29 is 9.47 Å². The van der Waals surface area contributed by atoms with Crippen molar-refractivity contribution in [2.24, 2.45) is 0 Å². The number of hydrogen-bond acceptors (Lipinski definition) is 7. The summed E-state index contributed by atoms with van der Waals surface area (Å²) in [5.41, 5.74) is 2.99. The van der Waals surface area contributed by atoms with Gasteiger partial charge in [-0.25, -0.2) is 4.98 Å². The number of aromatic nitrogens is 2. The zero-order chi connectivity index (χ0) is 22.1. The number of nitrogens with zero attached hydrogens (tertiary/aromatic N) is 2. The average molecular weight is 455 g/mol. The highest BCUT2D eigenvalue weighted by Gasteiger charge is 2.09. The van der Waals surface area contributed by atoms with Gasteiger partial charge < -0.3 is 14.0 Å². The Kier molecular flexibility index (Phi) is 8.61. The predicted molar refractivity (Wildman–Crippen MR) is 129 cm³/mol. The van der Waals surface area contributed by atoms with Crippen molar-refractivity contribution in [1.29, 1.82) is 10.8 Å². The molecule has 0 radical (unpaired) electrons. The van der Waals surface area contributed by atoms with E-state index in [4.69, 9.17) is 20.3 Å². The highest BCUT2D eigenvalue weighted by molar-refractivity contribution is 8.13. The molecule has 0 amide bonds. The molecule has 0 spiro atoms. The molecule has 1 heterocycles. The van der Waals surface area contributed by atoms with Gasteiger partial charge in [0.15, 0.2) is 5.16 Å². The van der Waals surface area contributed by atoms with Crippen LogP contribution in [-0.2, 0) is 11.3 Å². The molecule has 6 nitrogen and oxygen atoms in total. The summed E-state index contributed by atoms with van der Waals surface area (Å²) < 4.78 is 13.4. The minimum absolute atomic E-state index is 0.00990. The molecule has 0 aliphatic heterocycles. The molecule has 0 aliphatic rings. The van der Waals surface area contributed by atoms with Crippen molar-refractivity contribution in [1.82, 2.24) is 9.55 Å². The lowest BCUT2D eigenvalue weighted by Gasteiger charge is -2.14. The standard InChI is InChI=1S/C23H26N4O2S2/c1-17-19(16-27-13-12-26-23(27)30-2)10-6-11-20(17)28-14-7-15-31-22(25)29-21(24)18-8-4-3-5-9-18/h3-6,8-13,24-25H,7,14-16H2,1-2H3. The van der Waals surface area contributed by atoms with Gasteiger partial charge in [0.1, 0.15) is 5.75 Å². The van der Waals surface area contributed by atoms with E-state index >= 15 is 0 Å². The van der Waals surface area contributed by atoms with E-state index in [-0.39, 0.29) is 11.1 Å². The SMILES string of the molecule is CSc1nccn1Cc1cccc(OCCCSC(=N)OC(=N)c2ccccc2)c1C. The van der Waals surface area contributed by atoms with Gasteiger partial charge in [0.2, 0.25) is 11.1 Å². The molecule has 0 saturated carbocycles. The third-order valence-corrected chi connectivity index (χ3v) is 6.15. The van der Waals surface area contributed by atoms with Crippen LogP contribution in [0, 0.1) is 17.7 Å². The molecule has 2 aromatic carbocycles. The fourth-order valence-electron chi connectivity index (χ4n) is 2.95. The van der Waals surface area contributed by atoms with Crippen LogP contribution < -0.4 is 4.74 Å². The van der Waals surface area contributed by atoms with Gasteiger partial charge in [-0.2, -0.15) is 0 Å². The molecule has 162 valence electrons. The molecule has 0 saturated heterocycles. The smallest absolute Gasteiger partial charge is 0.250 e. The van der Waals surface area contributed by atoms with Gasteiger partial charge in [0.05, 0.1) is 6.61 Å². The molecule has 3 aromatic rings. The van der Waals surface area contributed by atoms with Crippen molar-refractivity contribution in [3.05, 3.63) is 77.6 Å². The summed E-state index contributed by atoms with van der Waals surface area (Å²) in [5.74, 6) is 1.56. The highest BCUT2D eigenvalue weighted by Crippen LogP contribution is 2.24. The van der Waals surface area contributed by atoms with Gasteiger partial charge in [0, 0.05) is 30.3 Å². The summed E-state index contributed by atoms with van der Waals surface area (Å²) in [6.45, 7) is 3.40. The lowest BCUT2D eigenvalue weighted by molar-refractivity contribution is 0.316. The van der Waals surface area contributed by atoms with Crippen molar-refractivity contribution >= 4 is 34.7 Å². The first-order valence-corrected chi connectivity index (χ1v) is 12.1. The number of hydrogen-bond donors (Lipinski definition) is 2. The Labute approximate surface area is 191 Å². The quantitative estimate of drug-likeness (QED) is 0.195. The molecule has 31 heavy (non-hydrogen) atoms. The normalized spacial score (nSPS) is 10.6. The fourth-order valence-corrected chi connectivity index (χ4v) is 4.07. The van der Waals surface area contributed by atoms with Gasteiger partial charge in [-0.15, -0.1) is 0 Å². The third-order valence-electron chi connectivity index (χ3n) is 4.61. The van der Waals surface area contributed by atoms with Gasteiger partial charge >= 0.3 is 0 Å². The monoisotopic (exact) mass is 454 g/mol. The topological polar surface area (TPSA) is 84.0 Å². The molecule has 1 aromatic heterocycles. The van der Waals surface area contributed by atoms with E-state index in [2.05, 4.69) is 22.5 Å². The number of rotatable bonds is 9. The van der Waals surface area contributed by atoms with Gasteiger partial charge in [-0.3, -0.25) is 10.8 Å². The molecule has 8 heteroatoms. The first-order chi connectivity index (χ1) is 15.1. The largest absolute Gasteiger partial charge is 0.493 e. The number of nitrogens with one attached hydrogen (secondary N) is 2. The average Bonchev–Trinajstić information content (AvgIpc) is 3.23. The zero-order valence-corrected chi connectivity index (χ0v) is 19.3. The summed E-state index contributed by atoms with van der Waals surface area (Å²) in [4.78, 5) is 4.35. The van der Waals surface area contributed by atoms with Gasteiger partial charge in [-0.1, -0.05) is 53.9 Å². The Morgan fingerprint density at radius 1 is 1.10 bits per heavy atom. The summed E-state index contributed by atoms with van der Waals surface area (Å²) >= 11 is 2.91. The predicted octanol–water partition coefficient (Wildman–Crippen LogP) is 5.44. The Morgan fingerprint density at radius 2 is 1.90 bits per heavy atom. The molecular weight excluding hydrogens is 428 g/mol. The van der Waals surface area contributed by atoms with Crippen molar-refractivity contribution in [3.63, 3.8) is 0 Å². The maximum absolute atomic E-state index is 7.92. The first kappa shape index (κ1) is 23.0. The Bertz CT molecular complexity index is 1020. The lowest BCUT2D eigenvalue weighted by atomic mass is 10.1. The second kappa shape index (κ2) is 11.6. The lowest BCUT2D eigenvalue weighted by Crippen LogP contribution is -2.10. The van der Waals surface area contributed by atoms with Crippen LogP contribution in [0.3, 0.4) is 0 Å². The van der Waals surface area contributed by atoms with Crippen LogP contribution in [0.15, 0.2) is 66.1 Å². The van der Waals surface area contributed by atoms with Crippen LogP contribution >= 0.6 is 23.5 Å². The Hall–Kier alpha value is -2.71. The third kappa shape index (κ3) is 6.63. The number of thioether (sulfide) groups is 2. The second-order valence-corrected chi connectivity index (χ2v) is 8.56. The van der Waals surface area contributed by atoms with E-state index in [1.54, 1.807) is 23.9 Å². The molecule has 2 N–H and O–H groups in total. The van der Waals surface area contributed by atoms with Crippen LogP contribution in [0.25, 0.3) is 0 Å². The minimum Gasteiger partial charge on any atom is -0.493 e. The van der Waals surface area contributed by atoms with Gasteiger partial charge in [-0.05, 0) is 48.9 Å². The summed E-state index contributed by atoms with van der Waals surface area (Å²) in [5, 5.41) is 16.8. The first-order valence-electron chi connectivity index (χ1n) is 9.88. The van der Waals surface area contributed by atoms with E-state index < -0.39 is 0 Å². The van der Waals surface area contributed by atoms with Crippen molar-refractivity contribution in [2.75, 3.05) is 18.6 Å². The van der Waals surface area contributed by atoms with Crippen LogP contribution in [0.5, 0.6) is 5.75 Å². The van der Waals surface area contributed by atoms with Crippen molar-refractivity contribution in [3.8, 4) is 5.75 Å². The highest BCUT2D eigenvalue weighted by atomic mass is 32.2. The maximum atomic E-state index is 7.92. The Balaban J connectivity index is 1.42. The summed E-state index contributed by atoms with van der Waals surface area (Å²) in [7, 11) is 0. The fraction of sp³-hybridized carbons (Fsp3) is 0.261. The Morgan fingerprint density at radius 3 is 2.68 bits per heavy atom. The van der Waals surface area contributed by atoms with E-state index in [9.17, 15) is 0 Å². The zero-order valence-electron chi connectivity index (χ0n) is 17.6. The molecular formula is C23H26N4O2S2. The van der Waals surface area contributed by atoms with E-state index in [1.807, 2.05) is 49.0 Å². The van der Waals surface area contributed by atoms with Crippen LogP contribution in [0.2, 0.25) is 0 Å². The van der Waals surface area contributed by atoms with Crippen LogP contribution in [0.4, 0.5) is 0 Å².